The molecule has 1 aliphatic heterocycles. The van der Waals surface area contributed by atoms with E-state index in [1.165, 1.54) is 4.31 Å². The zero-order valence-electron chi connectivity index (χ0n) is 5.62. The van der Waals surface area contributed by atoms with E-state index in [2.05, 4.69) is 6.58 Å². The van der Waals surface area contributed by atoms with Crippen molar-refractivity contribution in [3.8, 4) is 0 Å². The summed E-state index contributed by atoms with van der Waals surface area (Å²) in [6, 6.07) is 0. The lowest BCUT2D eigenvalue weighted by atomic mass is 10.4. The van der Waals surface area contributed by atoms with E-state index in [9.17, 15) is 9.59 Å². The lowest BCUT2D eigenvalue weighted by Crippen LogP contribution is -2.24. The SMILES string of the molecule is C=CCN1SC(Cl)C(=O)C1=O. The van der Waals surface area contributed by atoms with E-state index in [4.69, 9.17) is 11.6 Å². The van der Waals surface area contributed by atoms with Gasteiger partial charge in [0.05, 0.1) is 6.54 Å². The van der Waals surface area contributed by atoms with Gasteiger partial charge in [-0.05, 0) is 11.9 Å². The summed E-state index contributed by atoms with van der Waals surface area (Å²) < 4.78 is 0.551. The van der Waals surface area contributed by atoms with Gasteiger partial charge in [-0.2, -0.15) is 0 Å². The van der Waals surface area contributed by atoms with Crippen molar-refractivity contribution in [3.05, 3.63) is 12.7 Å². The maximum atomic E-state index is 10.9. The predicted molar refractivity (Wildman–Crippen MR) is 44.1 cm³/mol. The number of rotatable bonds is 2. The van der Waals surface area contributed by atoms with Gasteiger partial charge in [-0.25, -0.2) is 0 Å². The number of amides is 1. The molecule has 0 aromatic heterocycles. The number of nitrogens with zero attached hydrogens (tertiary/aromatic N) is 1. The first-order valence-corrected chi connectivity index (χ1v) is 4.21. The molecular formula is C6H6ClNO2S. The molecule has 0 radical (unpaired) electrons. The molecule has 0 spiro atoms. The molecule has 0 bridgehead atoms. The van der Waals surface area contributed by atoms with E-state index in [-0.39, 0.29) is 0 Å². The third kappa shape index (κ3) is 1.57. The van der Waals surface area contributed by atoms with Gasteiger partial charge in [0.2, 0.25) is 0 Å². The van der Waals surface area contributed by atoms with Crippen LogP contribution in [-0.2, 0) is 9.59 Å². The van der Waals surface area contributed by atoms with Crippen LogP contribution in [0.15, 0.2) is 12.7 Å². The fourth-order valence-electron chi connectivity index (χ4n) is 0.671. The summed E-state index contributed by atoms with van der Waals surface area (Å²) in [4.78, 5) is 21.7. The van der Waals surface area contributed by atoms with Gasteiger partial charge >= 0.3 is 5.91 Å². The Bertz CT molecular complexity index is 219. The van der Waals surface area contributed by atoms with Crippen LogP contribution >= 0.6 is 23.5 Å². The van der Waals surface area contributed by atoms with Crippen molar-refractivity contribution in [1.82, 2.24) is 4.31 Å². The maximum Gasteiger partial charge on any atom is 0.302 e. The number of alkyl halides is 1. The molecule has 0 aromatic rings. The molecule has 1 atom stereocenters. The number of Topliss-reactive ketones (excluding diaryl/α,β-unsaturated/α-hetero) is 1. The van der Waals surface area contributed by atoms with Gasteiger partial charge in [-0.3, -0.25) is 13.9 Å². The number of carbonyl (C=O) groups excluding carboxylic acids is 2. The lowest BCUT2D eigenvalue weighted by Gasteiger charge is -2.08. The first kappa shape index (κ1) is 8.62. The standard InChI is InChI=1S/C6H6ClNO2S/c1-2-3-8-6(10)4(9)5(7)11-8/h2,5H,1,3H2. The van der Waals surface area contributed by atoms with Crippen molar-refractivity contribution in [2.24, 2.45) is 0 Å². The van der Waals surface area contributed by atoms with E-state index in [1.54, 1.807) is 6.08 Å². The predicted octanol–water partition coefficient (Wildman–Crippen LogP) is 0.797. The Morgan fingerprint density at radius 2 is 2.36 bits per heavy atom. The molecule has 1 rings (SSSR count). The molecular weight excluding hydrogens is 186 g/mol. The quantitative estimate of drug-likeness (QED) is 0.280. The topological polar surface area (TPSA) is 37.4 Å². The number of hydrogen-bond acceptors (Lipinski definition) is 3. The van der Waals surface area contributed by atoms with E-state index in [0.29, 0.717) is 6.54 Å². The van der Waals surface area contributed by atoms with Crippen LogP contribution in [0.2, 0.25) is 0 Å². The molecule has 3 nitrogen and oxygen atoms in total. The van der Waals surface area contributed by atoms with Gasteiger partial charge in [-0.1, -0.05) is 17.7 Å². The largest absolute Gasteiger partial charge is 0.302 e. The molecule has 1 amide bonds. The zero-order chi connectivity index (χ0) is 8.43. The average molecular weight is 192 g/mol. The van der Waals surface area contributed by atoms with Crippen molar-refractivity contribution in [2.45, 2.75) is 4.71 Å². The normalized spacial score (nSPS) is 24.5. The Morgan fingerprint density at radius 1 is 1.73 bits per heavy atom. The Labute approximate surface area is 73.5 Å². The molecule has 0 aromatic carbocycles. The van der Waals surface area contributed by atoms with Crippen LogP contribution in [0.3, 0.4) is 0 Å². The minimum absolute atomic E-state index is 0.360. The highest BCUT2D eigenvalue weighted by molar-refractivity contribution is 8.01. The Balaban J connectivity index is 2.67. The molecule has 1 aliphatic rings. The third-order valence-electron chi connectivity index (χ3n) is 1.16. The van der Waals surface area contributed by atoms with Gasteiger partial charge in [0.15, 0.2) is 4.71 Å². The molecule has 1 unspecified atom stereocenters. The monoisotopic (exact) mass is 191 g/mol. The minimum atomic E-state index is -0.748. The first-order chi connectivity index (χ1) is 5.16. The smallest absolute Gasteiger partial charge is 0.286 e. The summed E-state index contributed by atoms with van der Waals surface area (Å²) in [6.07, 6.45) is 1.55. The minimum Gasteiger partial charge on any atom is -0.286 e. The van der Waals surface area contributed by atoms with Crippen molar-refractivity contribution in [3.63, 3.8) is 0 Å². The fourth-order valence-corrected chi connectivity index (χ4v) is 1.85. The molecule has 0 aliphatic carbocycles. The molecule has 11 heavy (non-hydrogen) atoms. The first-order valence-electron chi connectivity index (χ1n) is 2.94. The number of hydrogen-bond donors (Lipinski definition) is 0. The van der Waals surface area contributed by atoms with Crippen LogP contribution in [0.5, 0.6) is 0 Å². The molecule has 5 heteroatoms. The van der Waals surface area contributed by atoms with Crippen molar-refractivity contribution in [2.75, 3.05) is 6.54 Å². The second-order valence-corrected chi connectivity index (χ2v) is 3.76. The van der Waals surface area contributed by atoms with Crippen LogP contribution in [0.25, 0.3) is 0 Å². The lowest BCUT2D eigenvalue weighted by molar-refractivity contribution is -0.138. The van der Waals surface area contributed by atoms with E-state index in [1.807, 2.05) is 0 Å². The molecule has 60 valence electrons. The Morgan fingerprint density at radius 3 is 2.73 bits per heavy atom. The number of carbonyl (C=O) groups is 2. The zero-order valence-corrected chi connectivity index (χ0v) is 7.19. The maximum absolute atomic E-state index is 10.9. The van der Waals surface area contributed by atoms with Crippen LogP contribution in [0.1, 0.15) is 0 Å². The number of halogens is 1. The van der Waals surface area contributed by atoms with E-state index < -0.39 is 16.4 Å². The summed E-state index contributed by atoms with van der Waals surface area (Å²) in [7, 11) is 0. The summed E-state index contributed by atoms with van der Waals surface area (Å²) in [5, 5.41) is 0. The van der Waals surface area contributed by atoms with Crippen LogP contribution < -0.4 is 0 Å². The Kier molecular flexibility index (Phi) is 2.57. The highest BCUT2D eigenvalue weighted by atomic mass is 35.5. The van der Waals surface area contributed by atoms with E-state index in [0.717, 1.165) is 11.9 Å². The van der Waals surface area contributed by atoms with Gasteiger partial charge in [-0.15, -0.1) is 6.58 Å². The summed E-state index contributed by atoms with van der Waals surface area (Å²) in [5.41, 5.74) is 0. The average Bonchev–Trinajstić information content (AvgIpc) is 2.19. The van der Waals surface area contributed by atoms with Crippen LogP contribution in [0, 0.1) is 0 Å². The van der Waals surface area contributed by atoms with Crippen LogP contribution in [0.4, 0.5) is 0 Å². The molecule has 0 saturated carbocycles. The second-order valence-electron chi connectivity index (χ2n) is 1.94. The highest BCUT2D eigenvalue weighted by Crippen LogP contribution is 2.29. The fraction of sp³-hybridized carbons (Fsp3) is 0.333. The van der Waals surface area contributed by atoms with Crippen molar-refractivity contribution >= 4 is 35.2 Å². The van der Waals surface area contributed by atoms with Gasteiger partial charge in [0, 0.05) is 0 Å². The van der Waals surface area contributed by atoms with Gasteiger partial charge in [0.1, 0.15) is 0 Å². The molecule has 1 fully saturated rings. The summed E-state index contributed by atoms with van der Waals surface area (Å²) in [6.45, 7) is 3.81. The molecule has 0 N–H and O–H groups in total. The van der Waals surface area contributed by atoms with E-state index >= 15 is 0 Å². The van der Waals surface area contributed by atoms with Crippen molar-refractivity contribution in [1.29, 1.82) is 0 Å². The van der Waals surface area contributed by atoms with Crippen molar-refractivity contribution < 1.29 is 9.59 Å². The number of ketones is 1. The summed E-state index contributed by atoms with van der Waals surface area (Å²) in [5.74, 6) is -1.08. The summed E-state index contributed by atoms with van der Waals surface area (Å²) >= 11 is 6.54. The van der Waals surface area contributed by atoms with Gasteiger partial charge < -0.3 is 0 Å². The molecule has 1 heterocycles. The highest BCUT2D eigenvalue weighted by Gasteiger charge is 2.38. The second kappa shape index (κ2) is 3.28. The Hall–Kier alpha value is -0.480. The van der Waals surface area contributed by atoms with Gasteiger partial charge in [0.25, 0.3) is 5.78 Å². The molecule has 1 saturated heterocycles. The third-order valence-corrected chi connectivity index (χ3v) is 2.56. The van der Waals surface area contributed by atoms with Crippen LogP contribution in [-0.4, -0.2) is 27.2 Å².